The quantitative estimate of drug-likeness (QED) is 0.546. The van der Waals surface area contributed by atoms with Crippen molar-refractivity contribution in [2.45, 2.75) is 13.8 Å². The highest BCUT2D eigenvalue weighted by molar-refractivity contribution is 5.90. The van der Waals surface area contributed by atoms with E-state index in [9.17, 15) is 4.79 Å². The smallest absolute Gasteiger partial charge is 0.337 e. The summed E-state index contributed by atoms with van der Waals surface area (Å²) < 4.78 is 6.64. The summed E-state index contributed by atoms with van der Waals surface area (Å²) in [5.41, 5.74) is 9.47. The second-order valence-electron chi connectivity index (χ2n) is 5.59. The normalized spacial score (nSPS) is 10.2. The van der Waals surface area contributed by atoms with Crippen LogP contribution in [0.2, 0.25) is 0 Å². The molecule has 0 aliphatic carbocycles. The molecule has 3 aromatic heterocycles. The SMILES string of the molecule is CC.COC(=O)c1ccc(-n2c(-c3cccnc3N)nc3cccnc32)cc1. The number of carbonyl (C=O) groups excluding carboxylic acids is 1. The van der Waals surface area contributed by atoms with E-state index in [0.29, 0.717) is 28.4 Å². The highest BCUT2D eigenvalue weighted by Gasteiger charge is 2.17. The molecule has 0 atom stereocenters. The molecule has 7 heteroatoms. The van der Waals surface area contributed by atoms with Crippen molar-refractivity contribution >= 4 is 23.0 Å². The van der Waals surface area contributed by atoms with Crippen molar-refractivity contribution in [1.29, 1.82) is 0 Å². The third-order valence-electron chi connectivity index (χ3n) is 4.04. The number of nitrogens with zero attached hydrogens (tertiary/aromatic N) is 4. The van der Waals surface area contributed by atoms with E-state index in [1.54, 1.807) is 24.5 Å². The van der Waals surface area contributed by atoms with E-state index in [1.165, 1.54) is 7.11 Å². The Bertz CT molecular complexity index is 1100. The number of anilines is 1. The molecule has 1 aromatic carbocycles. The number of hydrogen-bond donors (Lipinski definition) is 1. The van der Waals surface area contributed by atoms with Gasteiger partial charge >= 0.3 is 5.97 Å². The number of ether oxygens (including phenoxy) is 1. The molecule has 0 unspecified atom stereocenters. The van der Waals surface area contributed by atoms with E-state index in [1.807, 2.05) is 54.8 Å². The number of aromatic nitrogens is 4. The fraction of sp³-hybridized carbons (Fsp3) is 0.143. The molecule has 0 aliphatic rings. The number of nitrogen functional groups attached to an aromatic ring is 1. The lowest BCUT2D eigenvalue weighted by molar-refractivity contribution is 0.0601. The zero-order chi connectivity index (χ0) is 20.1. The second kappa shape index (κ2) is 8.30. The molecular weight excluding hydrogens is 354 g/mol. The number of carbonyl (C=O) groups is 1. The van der Waals surface area contributed by atoms with Crippen LogP contribution in [0, 0.1) is 0 Å². The first kappa shape index (κ1) is 19.0. The highest BCUT2D eigenvalue weighted by atomic mass is 16.5. The van der Waals surface area contributed by atoms with Gasteiger partial charge in [-0.05, 0) is 48.5 Å². The molecule has 0 spiro atoms. The van der Waals surface area contributed by atoms with Crippen LogP contribution in [0.1, 0.15) is 24.2 Å². The molecule has 4 aromatic rings. The molecular formula is C21H21N5O2. The maximum Gasteiger partial charge on any atom is 0.337 e. The minimum absolute atomic E-state index is 0.384. The lowest BCUT2D eigenvalue weighted by atomic mass is 10.2. The van der Waals surface area contributed by atoms with Gasteiger partial charge in [-0.25, -0.2) is 19.7 Å². The molecule has 0 aliphatic heterocycles. The molecule has 0 radical (unpaired) electrons. The Hall–Kier alpha value is -3.74. The molecule has 3 heterocycles. The summed E-state index contributed by atoms with van der Waals surface area (Å²) >= 11 is 0. The van der Waals surface area contributed by atoms with Crippen LogP contribution in [-0.2, 0) is 4.74 Å². The van der Waals surface area contributed by atoms with Gasteiger partial charge < -0.3 is 10.5 Å². The Morgan fingerprint density at radius 3 is 2.36 bits per heavy atom. The maximum absolute atomic E-state index is 11.7. The first-order valence-electron chi connectivity index (χ1n) is 8.92. The third-order valence-corrected chi connectivity index (χ3v) is 4.04. The van der Waals surface area contributed by atoms with Crippen LogP contribution in [-0.4, -0.2) is 32.6 Å². The first-order chi connectivity index (χ1) is 13.7. The maximum atomic E-state index is 11.7. The average Bonchev–Trinajstić information content (AvgIpc) is 3.14. The van der Waals surface area contributed by atoms with E-state index in [4.69, 9.17) is 10.5 Å². The number of hydrogen-bond acceptors (Lipinski definition) is 6. The average molecular weight is 375 g/mol. The zero-order valence-electron chi connectivity index (χ0n) is 16.0. The summed E-state index contributed by atoms with van der Waals surface area (Å²) in [6.07, 6.45) is 3.34. The number of pyridine rings is 2. The number of benzene rings is 1. The molecule has 28 heavy (non-hydrogen) atoms. The van der Waals surface area contributed by atoms with Crippen molar-refractivity contribution in [2.24, 2.45) is 0 Å². The topological polar surface area (TPSA) is 95.9 Å². The van der Waals surface area contributed by atoms with Crippen molar-refractivity contribution in [3.05, 3.63) is 66.5 Å². The molecule has 0 fully saturated rings. The first-order valence-corrected chi connectivity index (χ1v) is 8.92. The number of nitrogens with two attached hydrogens (primary N) is 1. The van der Waals surface area contributed by atoms with Gasteiger partial charge in [0, 0.05) is 18.1 Å². The van der Waals surface area contributed by atoms with Gasteiger partial charge in [-0.15, -0.1) is 0 Å². The Labute approximate surface area is 162 Å². The monoisotopic (exact) mass is 375 g/mol. The molecule has 142 valence electrons. The summed E-state index contributed by atoms with van der Waals surface area (Å²) in [6.45, 7) is 4.00. The van der Waals surface area contributed by atoms with E-state index < -0.39 is 0 Å². The summed E-state index contributed by atoms with van der Waals surface area (Å²) in [4.78, 5) is 25.0. The van der Waals surface area contributed by atoms with Crippen LogP contribution >= 0.6 is 0 Å². The third kappa shape index (κ3) is 3.42. The van der Waals surface area contributed by atoms with Crippen molar-refractivity contribution in [3.63, 3.8) is 0 Å². The lowest BCUT2D eigenvalue weighted by Crippen LogP contribution is -2.04. The predicted molar refractivity (Wildman–Crippen MR) is 109 cm³/mol. The standard InChI is InChI=1S/C19H15N5O2.C2H6/c1-26-19(25)12-6-8-13(9-7-12)24-17(14-4-2-10-21-16(14)20)23-15-5-3-11-22-18(15)24;1-2/h2-11H,1H3,(H2,20,21);1-2H3. The van der Waals surface area contributed by atoms with Crippen molar-refractivity contribution in [2.75, 3.05) is 12.8 Å². The second-order valence-corrected chi connectivity index (χ2v) is 5.59. The molecule has 2 N–H and O–H groups in total. The fourth-order valence-electron chi connectivity index (χ4n) is 2.81. The molecule has 0 amide bonds. The van der Waals surface area contributed by atoms with E-state index >= 15 is 0 Å². The van der Waals surface area contributed by atoms with Gasteiger partial charge in [-0.1, -0.05) is 13.8 Å². The van der Waals surface area contributed by atoms with Gasteiger partial charge in [0.05, 0.1) is 18.2 Å². The molecule has 7 nitrogen and oxygen atoms in total. The fourth-order valence-corrected chi connectivity index (χ4v) is 2.81. The van der Waals surface area contributed by atoms with Gasteiger partial charge in [0.1, 0.15) is 11.3 Å². The van der Waals surface area contributed by atoms with Crippen LogP contribution in [0.25, 0.3) is 28.2 Å². The van der Waals surface area contributed by atoms with Crippen LogP contribution in [0.5, 0.6) is 0 Å². The van der Waals surface area contributed by atoms with Gasteiger partial charge in [0.25, 0.3) is 0 Å². The summed E-state index contributed by atoms with van der Waals surface area (Å²) in [5.74, 6) is 0.632. The summed E-state index contributed by atoms with van der Waals surface area (Å²) in [7, 11) is 1.35. The molecule has 4 rings (SSSR count). The van der Waals surface area contributed by atoms with Crippen molar-refractivity contribution in [1.82, 2.24) is 19.5 Å². The lowest BCUT2D eigenvalue weighted by Gasteiger charge is -2.10. The Balaban J connectivity index is 0.00000109. The molecule has 0 saturated carbocycles. The Kier molecular flexibility index (Phi) is 5.64. The number of methoxy groups -OCH3 is 1. The predicted octanol–water partition coefficient (Wildman–Crippen LogP) is 3.88. The van der Waals surface area contributed by atoms with Crippen molar-refractivity contribution < 1.29 is 9.53 Å². The van der Waals surface area contributed by atoms with Gasteiger partial charge in [0.15, 0.2) is 11.5 Å². The van der Waals surface area contributed by atoms with Crippen LogP contribution in [0.15, 0.2) is 60.9 Å². The minimum Gasteiger partial charge on any atom is -0.465 e. The largest absolute Gasteiger partial charge is 0.465 e. The van der Waals surface area contributed by atoms with Gasteiger partial charge in [0.2, 0.25) is 0 Å². The van der Waals surface area contributed by atoms with E-state index in [-0.39, 0.29) is 5.97 Å². The van der Waals surface area contributed by atoms with Gasteiger partial charge in [-0.2, -0.15) is 0 Å². The molecule has 0 saturated heterocycles. The van der Waals surface area contributed by atoms with E-state index in [2.05, 4.69) is 15.0 Å². The zero-order valence-corrected chi connectivity index (χ0v) is 16.0. The van der Waals surface area contributed by atoms with Gasteiger partial charge in [-0.3, -0.25) is 4.57 Å². The van der Waals surface area contributed by atoms with E-state index in [0.717, 1.165) is 11.2 Å². The summed E-state index contributed by atoms with van der Waals surface area (Å²) in [5, 5.41) is 0. The van der Waals surface area contributed by atoms with Crippen LogP contribution in [0.4, 0.5) is 5.82 Å². The molecule has 0 bridgehead atoms. The van der Waals surface area contributed by atoms with Crippen LogP contribution in [0.3, 0.4) is 0 Å². The number of imidazole rings is 1. The number of rotatable bonds is 3. The van der Waals surface area contributed by atoms with Crippen LogP contribution < -0.4 is 5.73 Å². The Morgan fingerprint density at radius 2 is 1.68 bits per heavy atom. The highest BCUT2D eigenvalue weighted by Crippen LogP contribution is 2.30. The number of fused-ring (bicyclic) bond motifs is 1. The summed E-state index contributed by atoms with van der Waals surface area (Å²) in [6, 6.07) is 14.4. The minimum atomic E-state index is -0.387. The number of esters is 1. The Morgan fingerprint density at radius 1 is 1.00 bits per heavy atom. The van der Waals surface area contributed by atoms with Crippen molar-refractivity contribution in [3.8, 4) is 17.1 Å².